The van der Waals surface area contributed by atoms with Crippen molar-refractivity contribution >= 4 is 41.0 Å². The number of nitrogens with one attached hydrogen (secondary N) is 2. The third kappa shape index (κ3) is 5.07. The predicted octanol–water partition coefficient (Wildman–Crippen LogP) is 1.01. The van der Waals surface area contributed by atoms with Crippen LogP contribution in [0.4, 0.5) is 0 Å². The topological polar surface area (TPSA) is 84.5 Å². The van der Waals surface area contributed by atoms with Gasteiger partial charge in [0, 0.05) is 12.1 Å². The Morgan fingerprint density at radius 3 is 2.55 bits per heavy atom. The van der Waals surface area contributed by atoms with Crippen LogP contribution in [0.5, 0.6) is 0 Å². The Hall–Kier alpha value is -1.79. The first kappa shape index (κ1) is 16.3. The highest BCUT2D eigenvalue weighted by Crippen LogP contribution is 2.20. The van der Waals surface area contributed by atoms with Crippen LogP contribution >= 0.6 is 23.2 Å². The molecule has 1 aromatic rings. The summed E-state index contributed by atoms with van der Waals surface area (Å²) in [7, 11) is 1.42. The van der Waals surface area contributed by atoms with Crippen LogP contribution in [0.3, 0.4) is 0 Å². The van der Waals surface area contributed by atoms with Gasteiger partial charge in [-0.25, -0.2) is 0 Å². The molecule has 0 spiro atoms. The lowest BCUT2D eigenvalue weighted by atomic mass is 10.2. The summed E-state index contributed by atoms with van der Waals surface area (Å²) in [5, 5.41) is 5.19. The van der Waals surface area contributed by atoms with E-state index in [0.717, 1.165) is 0 Å². The van der Waals surface area contributed by atoms with Crippen molar-refractivity contribution in [2.24, 2.45) is 0 Å². The number of benzene rings is 1. The van der Waals surface area contributed by atoms with Crippen LogP contribution in [0.25, 0.3) is 0 Å². The molecule has 0 heterocycles. The number of ether oxygens (including phenoxy) is 1. The zero-order valence-corrected chi connectivity index (χ0v) is 12.0. The number of carbonyl (C=O) groups excluding carboxylic acids is 3. The predicted molar refractivity (Wildman–Crippen MR) is 73.8 cm³/mol. The molecule has 1 aromatic carbocycles. The molecule has 2 N–H and O–H groups in total. The van der Waals surface area contributed by atoms with Crippen LogP contribution in [0, 0.1) is 0 Å². The summed E-state index contributed by atoms with van der Waals surface area (Å²) in [6.45, 7) is -0.762. The smallest absolute Gasteiger partial charge is 0.325 e. The molecule has 0 bridgehead atoms. The van der Waals surface area contributed by atoms with Gasteiger partial charge < -0.3 is 15.4 Å². The van der Waals surface area contributed by atoms with Gasteiger partial charge in [-0.15, -0.1) is 0 Å². The second-order valence-electron chi connectivity index (χ2n) is 3.64. The van der Waals surface area contributed by atoms with E-state index in [2.05, 4.69) is 15.4 Å². The first-order valence-corrected chi connectivity index (χ1v) is 6.29. The molecule has 8 heteroatoms. The minimum atomic E-state index is -0.730. The van der Waals surface area contributed by atoms with Crippen LogP contribution in [0.1, 0.15) is 10.4 Å². The maximum atomic E-state index is 11.7. The lowest BCUT2D eigenvalue weighted by Gasteiger charge is -2.07. The monoisotopic (exact) mass is 318 g/mol. The molecule has 0 radical (unpaired) electrons. The van der Waals surface area contributed by atoms with E-state index in [4.69, 9.17) is 23.2 Å². The largest absolute Gasteiger partial charge is 0.454 e. The molecule has 0 fully saturated rings. The van der Waals surface area contributed by atoms with E-state index in [-0.39, 0.29) is 17.1 Å². The summed E-state index contributed by atoms with van der Waals surface area (Å²) >= 11 is 11.6. The van der Waals surface area contributed by atoms with Crippen LogP contribution in [0.15, 0.2) is 18.2 Å². The van der Waals surface area contributed by atoms with E-state index in [1.54, 1.807) is 0 Å². The van der Waals surface area contributed by atoms with Crippen molar-refractivity contribution in [2.75, 3.05) is 20.2 Å². The average molecular weight is 319 g/mol. The second-order valence-corrected chi connectivity index (χ2v) is 4.48. The highest BCUT2D eigenvalue weighted by atomic mass is 35.5. The summed E-state index contributed by atoms with van der Waals surface area (Å²) in [6.07, 6.45) is 0. The van der Waals surface area contributed by atoms with Crippen molar-refractivity contribution in [3.8, 4) is 0 Å². The summed E-state index contributed by atoms with van der Waals surface area (Å²) in [4.78, 5) is 33.9. The maximum absolute atomic E-state index is 11.7. The molecule has 0 unspecified atom stereocenters. The van der Waals surface area contributed by atoms with Crippen LogP contribution in [-0.2, 0) is 14.3 Å². The minimum absolute atomic E-state index is 0.175. The van der Waals surface area contributed by atoms with Gasteiger partial charge in [-0.3, -0.25) is 14.4 Å². The van der Waals surface area contributed by atoms with Crippen molar-refractivity contribution in [2.45, 2.75) is 0 Å². The lowest BCUT2D eigenvalue weighted by Crippen LogP contribution is -2.33. The third-order valence-corrected chi connectivity index (χ3v) is 2.76. The fourth-order valence-electron chi connectivity index (χ4n) is 1.19. The molecule has 2 amide bonds. The van der Waals surface area contributed by atoms with E-state index >= 15 is 0 Å². The van der Waals surface area contributed by atoms with E-state index in [1.165, 1.54) is 25.2 Å². The third-order valence-electron chi connectivity index (χ3n) is 2.21. The fraction of sp³-hybridized carbons (Fsp3) is 0.250. The molecular weight excluding hydrogens is 307 g/mol. The number of halogens is 2. The molecule has 1 rings (SSSR count). The zero-order valence-electron chi connectivity index (χ0n) is 10.5. The van der Waals surface area contributed by atoms with E-state index in [9.17, 15) is 14.4 Å². The van der Waals surface area contributed by atoms with Crippen molar-refractivity contribution in [3.05, 3.63) is 33.8 Å². The molecule has 0 saturated heterocycles. The Labute approximate surface area is 125 Å². The van der Waals surface area contributed by atoms with Gasteiger partial charge in [0.1, 0.15) is 6.54 Å². The Bertz CT molecular complexity index is 534. The number of hydrogen-bond donors (Lipinski definition) is 2. The van der Waals surface area contributed by atoms with Crippen molar-refractivity contribution < 1.29 is 19.1 Å². The SMILES string of the molecule is CNC(=O)COC(=O)CNC(=O)c1ccc(Cl)cc1Cl. The molecule has 0 saturated carbocycles. The minimum Gasteiger partial charge on any atom is -0.454 e. The molecule has 20 heavy (non-hydrogen) atoms. The molecule has 0 atom stereocenters. The van der Waals surface area contributed by atoms with Crippen molar-refractivity contribution in [1.29, 1.82) is 0 Å². The standard InChI is InChI=1S/C12H12Cl2N2O4/c1-15-10(17)6-20-11(18)5-16-12(19)8-3-2-7(13)4-9(8)14/h2-4H,5-6H2,1H3,(H,15,17)(H,16,19). The Kier molecular flexibility index (Phi) is 6.27. The average Bonchev–Trinajstić information content (AvgIpc) is 2.42. The summed E-state index contributed by atoms with van der Waals surface area (Å²) in [5.74, 6) is -1.71. The molecule has 108 valence electrons. The number of esters is 1. The lowest BCUT2D eigenvalue weighted by molar-refractivity contribution is -0.147. The van der Waals surface area contributed by atoms with Crippen LogP contribution < -0.4 is 10.6 Å². The van der Waals surface area contributed by atoms with Gasteiger partial charge in [0.2, 0.25) is 0 Å². The first-order chi connectivity index (χ1) is 9.43. The van der Waals surface area contributed by atoms with Gasteiger partial charge >= 0.3 is 5.97 Å². The van der Waals surface area contributed by atoms with Crippen molar-refractivity contribution in [3.63, 3.8) is 0 Å². The van der Waals surface area contributed by atoms with Gasteiger partial charge in [-0.1, -0.05) is 23.2 Å². The normalized spacial score (nSPS) is 9.75. The van der Waals surface area contributed by atoms with Crippen molar-refractivity contribution in [1.82, 2.24) is 10.6 Å². The first-order valence-electron chi connectivity index (χ1n) is 5.53. The summed E-state index contributed by atoms with van der Waals surface area (Å²) < 4.78 is 4.61. The molecule has 6 nitrogen and oxygen atoms in total. The van der Waals surface area contributed by atoms with E-state index in [0.29, 0.717) is 5.02 Å². The van der Waals surface area contributed by atoms with E-state index < -0.39 is 24.4 Å². The molecule has 0 aliphatic rings. The number of hydrogen-bond acceptors (Lipinski definition) is 4. The zero-order chi connectivity index (χ0) is 15.1. The molecule has 0 aromatic heterocycles. The molecular formula is C12H12Cl2N2O4. The van der Waals surface area contributed by atoms with E-state index in [1.807, 2.05) is 0 Å². The highest BCUT2D eigenvalue weighted by molar-refractivity contribution is 6.36. The van der Waals surface area contributed by atoms with Gasteiger partial charge in [0.15, 0.2) is 6.61 Å². The molecule has 0 aliphatic carbocycles. The van der Waals surface area contributed by atoms with Gasteiger partial charge in [0.25, 0.3) is 11.8 Å². The Morgan fingerprint density at radius 1 is 1.25 bits per heavy atom. The maximum Gasteiger partial charge on any atom is 0.325 e. The highest BCUT2D eigenvalue weighted by Gasteiger charge is 2.13. The quantitative estimate of drug-likeness (QED) is 0.794. The number of rotatable bonds is 5. The number of likely N-dealkylation sites (N-methyl/N-ethyl adjacent to an activating group) is 1. The Morgan fingerprint density at radius 2 is 1.95 bits per heavy atom. The van der Waals surface area contributed by atoms with Crippen LogP contribution in [-0.4, -0.2) is 38.0 Å². The summed E-state index contributed by atoms with van der Waals surface area (Å²) in [6, 6.07) is 4.37. The van der Waals surface area contributed by atoms with Gasteiger partial charge in [-0.05, 0) is 18.2 Å². The fourth-order valence-corrected chi connectivity index (χ4v) is 1.68. The second kappa shape index (κ2) is 7.72. The number of amides is 2. The van der Waals surface area contributed by atoms with Gasteiger partial charge in [-0.2, -0.15) is 0 Å². The summed E-state index contributed by atoms with van der Waals surface area (Å²) in [5.41, 5.74) is 0.190. The number of carbonyl (C=O) groups is 3. The Balaban J connectivity index is 2.47. The molecule has 0 aliphatic heterocycles. The van der Waals surface area contributed by atoms with Crippen LogP contribution in [0.2, 0.25) is 10.0 Å². The van der Waals surface area contributed by atoms with Gasteiger partial charge in [0.05, 0.1) is 10.6 Å².